The average molecular weight is 236 g/mol. The Balaban J connectivity index is 2.28. The third kappa shape index (κ3) is 6.09. The molecule has 0 radical (unpaired) electrons. The van der Waals surface area contributed by atoms with Gasteiger partial charge in [0.15, 0.2) is 12.6 Å². The molecule has 2 atom stereocenters. The number of hydrogen-bond donors (Lipinski definition) is 0. The molecule has 0 saturated heterocycles. The summed E-state index contributed by atoms with van der Waals surface area (Å²) in [7, 11) is 0. The van der Waals surface area contributed by atoms with Crippen LogP contribution < -0.4 is 0 Å². The van der Waals surface area contributed by atoms with E-state index in [1.807, 2.05) is 57.2 Å². The van der Waals surface area contributed by atoms with Gasteiger partial charge in [-0.2, -0.15) is 0 Å². The van der Waals surface area contributed by atoms with Gasteiger partial charge in [0.25, 0.3) is 0 Å². The molecule has 0 aliphatic heterocycles. The summed E-state index contributed by atoms with van der Waals surface area (Å²) in [5.41, 5.74) is 1.09. The molecule has 3 heteroatoms. The maximum absolute atomic E-state index is 5.43. The lowest BCUT2D eigenvalue weighted by Gasteiger charge is -2.18. The molecule has 3 nitrogen and oxygen atoms in total. The van der Waals surface area contributed by atoms with E-state index < -0.39 is 0 Å². The smallest absolute Gasteiger partial charge is 0.198 e. The fraction of sp³-hybridized carbons (Fsp3) is 0.429. The van der Waals surface area contributed by atoms with Crippen LogP contribution in [0.4, 0.5) is 0 Å². The van der Waals surface area contributed by atoms with Crippen LogP contribution >= 0.6 is 0 Å². The van der Waals surface area contributed by atoms with E-state index in [0.29, 0.717) is 6.61 Å². The van der Waals surface area contributed by atoms with Crippen molar-refractivity contribution in [3.05, 3.63) is 42.2 Å². The molecular weight excluding hydrogens is 216 g/mol. The topological polar surface area (TPSA) is 27.7 Å². The van der Waals surface area contributed by atoms with Crippen molar-refractivity contribution in [2.45, 2.75) is 33.4 Å². The van der Waals surface area contributed by atoms with Gasteiger partial charge in [-0.15, -0.1) is 0 Å². The van der Waals surface area contributed by atoms with Crippen LogP contribution in [-0.2, 0) is 14.2 Å². The minimum absolute atomic E-state index is 0.250. The van der Waals surface area contributed by atoms with Gasteiger partial charge >= 0.3 is 0 Å². The molecule has 94 valence electrons. The number of rotatable bonds is 7. The van der Waals surface area contributed by atoms with Crippen LogP contribution in [0.2, 0.25) is 0 Å². The summed E-state index contributed by atoms with van der Waals surface area (Å²) in [5, 5.41) is 0. The largest absolute Gasteiger partial charge is 0.473 e. The van der Waals surface area contributed by atoms with Crippen molar-refractivity contribution in [1.82, 2.24) is 0 Å². The molecule has 17 heavy (non-hydrogen) atoms. The van der Waals surface area contributed by atoms with Crippen LogP contribution in [0.3, 0.4) is 0 Å². The molecule has 0 heterocycles. The monoisotopic (exact) mass is 236 g/mol. The summed E-state index contributed by atoms with van der Waals surface area (Å²) in [5.74, 6) is 0. The van der Waals surface area contributed by atoms with Crippen LogP contribution in [0.5, 0.6) is 0 Å². The molecule has 1 aromatic rings. The Kier molecular flexibility index (Phi) is 6.37. The van der Waals surface area contributed by atoms with E-state index in [1.165, 1.54) is 0 Å². The number of hydrogen-bond acceptors (Lipinski definition) is 3. The zero-order valence-corrected chi connectivity index (χ0v) is 10.6. The number of ether oxygens (including phenoxy) is 3. The first kappa shape index (κ1) is 13.7. The van der Waals surface area contributed by atoms with Crippen molar-refractivity contribution in [1.29, 1.82) is 0 Å². The van der Waals surface area contributed by atoms with Crippen molar-refractivity contribution in [3.8, 4) is 0 Å². The molecule has 0 amide bonds. The van der Waals surface area contributed by atoms with Gasteiger partial charge in [-0.05, 0) is 32.4 Å². The quantitative estimate of drug-likeness (QED) is 0.536. The van der Waals surface area contributed by atoms with Gasteiger partial charge in [0, 0.05) is 6.61 Å². The highest BCUT2D eigenvalue weighted by atomic mass is 16.8. The highest BCUT2D eigenvalue weighted by molar-refractivity contribution is 5.47. The fourth-order valence-corrected chi connectivity index (χ4v) is 1.37. The maximum atomic E-state index is 5.43. The van der Waals surface area contributed by atoms with Crippen molar-refractivity contribution >= 4 is 6.08 Å². The normalized spacial score (nSPS) is 14.8. The first-order valence-electron chi connectivity index (χ1n) is 5.86. The summed E-state index contributed by atoms with van der Waals surface area (Å²) in [6.07, 6.45) is 2.96. The Morgan fingerprint density at radius 1 is 1.12 bits per heavy atom. The molecule has 0 bridgehead atoms. The van der Waals surface area contributed by atoms with Crippen molar-refractivity contribution < 1.29 is 14.2 Å². The van der Waals surface area contributed by atoms with Crippen molar-refractivity contribution in [2.24, 2.45) is 0 Å². The zero-order valence-electron chi connectivity index (χ0n) is 10.6. The first-order valence-corrected chi connectivity index (χ1v) is 5.86. The molecule has 0 aliphatic carbocycles. The summed E-state index contributed by atoms with van der Waals surface area (Å²) in [4.78, 5) is 0. The molecule has 1 rings (SSSR count). The van der Waals surface area contributed by atoms with Crippen LogP contribution in [0.25, 0.3) is 6.08 Å². The minimum Gasteiger partial charge on any atom is -0.473 e. The summed E-state index contributed by atoms with van der Waals surface area (Å²) in [6, 6.07) is 9.96. The Morgan fingerprint density at radius 2 is 1.82 bits per heavy atom. The lowest BCUT2D eigenvalue weighted by atomic mass is 10.2. The summed E-state index contributed by atoms with van der Waals surface area (Å²) in [6.45, 7) is 6.25. The third-order valence-electron chi connectivity index (χ3n) is 2.11. The van der Waals surface area contributed by atoms with Crippen LogP contribution in [-0.4, -0.2) is 19.2 Å². The molecule has 0 aliphatic rings. The second-order valence-electron chi connectivity index (χ2n) is 3.58. The SMILES string of the molecule is CCOC(C)OC(C)OC=Cc1ccccc1. The molecular formula is C14H20O3. The lowest BCUT2D eigenvalue weighted by molar-refractivity contribution is -0.213. The second kappa shape index (κ2) is 7.87. The van der Waals surface area contributed by atoms with E-state index in [-0.39, 0.29) is 12.6 Å². The van der Waals surface area contributed by atoms with E-state index >= 15 is 0 Å². The Bertz CT molecular complexity index is 321. The molecule has 0 aromatic heterocycles. The van der Waals surface area contributed by atoms with Crippen LogP contribution in [0.1, 0.15) is 26.3 Å². The van der Waals surface area contributed by atoms with Gasteiger partial charge in [-0.3, -0.25) is 0 Å². The summed E-state index contributed by atoms with van der Waals surface area (Å²) >= 11 is 0. The van der Waals surface area contributed by atoms with E-state index in [0.717, 1.165) is 5.56 Å². The third-order valence-corrected chi connectivity index (χ3v) is 2.11. The van der Waals surface area contributed by atoms with E-state index in [4.69, 9.17) is 14.2 Å². The maximum Gasteiger partial charge on any atom is 0.198 e. The predicted molar refractivity (Wildman–Crippen MR) is 68.2 cm³/mol. The van der Waals surface area contributed by atoms with Gasteiger partial charge in [0.2, 0.25) is 0 Å². The Labute approximate surface area is 103 Å². The molecule has 0 spiro atoms. The Morgan fingerprint density at radius 3 is 2.47 bits per heavy atom. The van der Waals surface area contributed by atoms with E-state index in [2.05, 4.69) is 0 Å². The highest BCUT2D eigenvalue weighted by Crippen LogP contribution is 2.05. The minimum atomic E-state index is -0.323. The standard InChI is InChI=1S/C14H20O3/c1-4-15-12(2)17-13(3)16-11-10-14-8-6-5-7-9-14/h5-13H,4H2,1-3H3. The molecule has 0 saturated carbocycles. The highest BCUT2D eigenvalue weighted by Gasteiger charge is 2.06. The van der Waals surface area contributed by atoms with Crippen LogP contribution in [0.15, 0.2) is 36.6 Å². The average Bonchev–Trinajstić information content (AvgIpc) is 2.30. The van der Waals surface area contributed by atoms with Gasteiger partial charge in [0.05, 0.1) is 6.26 Å². The number of benzene rings is 1. The zero-order chi connectivity index (χ0) is 12.5. The van der Waals surface area contributed by atoms with Gasteiger partial charge < -0.3 is 14.2 Å². The van der Waals surface area contributed by atoms with Crippen LogP contribution in [0, 0.1) is 0 Å². The molecule has 0 N–H and O–H groups in total. The Hall–Kier alpha value is -1.32. The summed E-state index contributed by atoms with van der Waals surface area (Å²) < 4.78 is 16.1. The van der Waals surface area contributed by atoms with Gasteiger partial charge in [0.1, 0.15) is 0 Å². The van der Waals surface area contributed by atoms with Crippen molar-refractivity contribution in [3.63, 3.8) is 0 Å². The van der Waals surface area contributed by atoms with E-state index in [1.54, 1.807) is 6.26 Å². The van der Waals surface area contributed by atoms with Gasteiger partial charge in [-0.1, -0.05) is 30.3 Å². The lowest BCUT2D eigenvalue weighted by Crippen LogP contribution is -2.20. The van der Waals surface area contributed by atoms with Gasteiger partial charge in [-0.25, -0.2) is 0 Å². The predicted octanol–water partition coefficient (Wildman–Crippen LogP) is 3.42. The fourth-order valence-electron chi connectivity index (χ4n) is 1.37. The molecule has 2 unspecified atom stereocenters. The first-order chi connectivity index (χ1) is 8.22. The van der Waals surface area contributed by atoms with E-state index in [9.17, 15) is 0 Å². The second-order valence-corrected chi connectivity index (χ2v) is 3.58. The molecule has 1 aromatic carbocycles. The van der Waals surface area contributed by atoms with Crippen molar-refractivity contribution in [2.75, 3.05) is 6.61 Å². The molecule has 0 fully saturated rings.